The first-order chi connectivity index (χ1) is 10.7. The average molecular weight is 337 g/mol. The molecule has 0 spiro atoms. The number of hydrogen-bond acceptors (Lipinski definition) is 6. The van der Waals surface area contributed by atoms with E-state index in [0.717, 1.165) is 22.1 Å². The third-order valence-corrected chi connectivity index (χ3v) is 5.01. The van der Waals surface area contributed by atoms with Gasteiger partial charge in [0, 0.05) is 12.9 Å². The number of carbonyl (C=O) groups excluding carboxylic acids is 1. The number of aromatic nitrogens is 2. The van der Waals surface area contributed by atoms with Gasteiger partial charge in [0.05, 0.1) is 12.5 Å². The number of nitrogens with one attached hydrogen (secondary N) is 1. The molecule has 0 aliphatic rings. The van der Waals surface area contributed by atoms with Gasteiger partial charge in [-0.05, 0) is 12.0 Å². The normalized spacial score (nSPS) is 12.1. The number of rotatable bonds is 8. The van der Waals surface area contributed by atoms with Crippen LogP contribution >= 0.6 is 23.1 Å². The highest BCUT2D eigenvalue weighted by Gasteiger charge is 2.19. The summed E-state index contributed by atoms with van der Waals surface area (Å²) >= 11 is 2.96. The molecule has 1 aromatic heterocycles. The van der Waals surface area contributed by atoms with E-state index in [9.17, 15) is 4.79 Å². The van der Waals surface area contributed by atoms with Crippen LogP contribution in [0.15, 0.2) is 34.7 Å². The second-order valence-corrected chi connectivity index (χ2v) is 6.89. The van der Waals surface area contributed by atoms with E-state index in [2.05, 4.69) is 15.5 Å². The van der Waals surface area contributed by atoms with Crippen LogP contribution in [0.4, 0.5) is 5.13 Å². The molecule has 2 rings (SSSR count). The maximum Gasteiger partial charge on any atom is 0.233 e. The predicted molar refractivity (Wildman–Crippen MR) is 90.6 cm³/mol. The Labute approximate surface area is 138 Å². The van der Waals surface area contributed by atoms with Crippen molar-refractivity contribution in [3.05, 3.63) is 35.9 Å². The SMILES string of the molecule is CC[C@H](C(=O)Nc1nnc(SCCOC)s1)c1ccccc1. The summed E-state index contributed by atoms with van der Waals surface area (Å²) in [7, 11) is 1.67. The van der Waals surface area contributed by atoms with Crippen LogP contribution in [-0.2, 0) is 9.53 Å². The first-order valence-electron chi connectivity index (χ1n) is 7.05. The number of benzene rings is 1. The van der Waals surface area contributed by atoms with Crippen molar-refractivity contribution < 1.29 is 9.53 Å². The van der Waals surface area contributed by atoms with Gasteiger partial charge in [0.15, 0.2) is 4.34 Å². The summed E-state index contributed by atoms with van der Waals surface area (Å²) in [4.78, 5) is 12.4. The summed E-state index contributed by atoms with van der Waals surface area (Å²) in [5.41, 5.74) is 1.02. The Bertz CT molecular complexity index is 589. The third kappa shape index (κ3) is 4.79. The summed E-state index contributed by atoms with van der Waals surface area (Å²) in [6.45, 7) is 2.67. The van der Waals surface area contributed by atoms with Crippen LogP contribution in [0.3, 0.4) is 0 Å². The topological polar surface area (TPSA) is 64.1 Å². The van der Waals surface area contributed by atoms with E-state index in [4.69, 9.17) is 4.74 Å². The van der Waals surface area contributed by atoms with Gasteiger partial charge < -0.3 is 4.74 Å². The largest absolute Gasteiger partial charge is 0.384 e. The summed E-state index contributed by atoms with van der Waals surface area (Å²) in [6.07, 6.45) is 0.740. The number of ether oxygens (including phenoxy) is 1. The number of hydrogen-bond donors (Lipinski definition) is 1. The Morgan fingerprint density at radius 3 is 2.82 bits per heavy atom. The Kier molecular flexibility index (Phi) is 6.82. The molecule has 0 saturated heterocycles. The van der Waals surface area contributed by atoms with E-state index in [1.165, 1.54) is 11.3 Å². The fourth-order valence-corrected chi connectivity index (χ4v) is 3.71. The van der Waals surface area contributed by atoms with E-state index in [0.29, 0.717) is 11.7 Å². The lowest BCUT2D eigenvalue weighted by Gasteiger charge is -2.13. The summed E-state index contributed by atoms with van der Waals surface area (Å²) in [5, 5.41) is 11.5. The summed E-state index contributed by atoms with van der Waals surface area (Å²) in [5.74, 6) is 0.605. The lowest BCUT2D eigenvalue weighted by atomic mass is 9.96. The maximum atomic E-state index is 12.4. The Morgan fingerprint density at radius 2 is 2.14 bits per heavy atom. The van der Waals surface area contributed by atoms with Gasteiger partial charge >= 0.3 is 0 Å². The number of amides is 1. The molecule has 0 fully saturated rings. The number of carbonyl (C=O) groups is 1. The first kappa shape index (κ1) is 16.9. The van der Waals surface area contributed by atoms with Crippen LogP contribution in [0.2, 0.25) is 0 Å². The van der Waals surface area contributed by atoms with E-state index < -0.39 is 0 Å². The minimum atomic E-state index is -0.172. The fourth-order valence-electron chi connectivity index (χ4n) is 1.98. The highest BCUT2D eigenvalue weighted by atomic mass is 32.2. The monoisotopic (exact) mass is 337 g/mol. The van der Waals surface area contributed by atoms with E-state index >= 15 is 0 Å². The van der Waals surface area contributed by atoms with Gasteiger partial charge in [-0.3, -0.25) is 10.1 Å². The molecular formula is C15H19N3O2S2. The standard InChI is InChI=1S/C15H19N3O2S2/c1-3-12(11-7-5-4-6-8-11)13(19)16-14-17-18-15(22-14)21-10-9-20-2/h4-8,12H,3,9-10H2,1-2H3,(H,16,17,19)/t12-/m0/s1. The van der Waals surface area contributed by atoms with Crippen molar-refractivity contribution >= 4 is 34.1 Å². The number of anilines is 1. The van der Waals surface area contributed by atoms with Crippen LogP contribution in [0.1, 0.15) is 24.8 Å². The van der Waals surface area contributed by atoms with Crippen molar-refractivity contribution in [2.75, 3.05) is 24.8 Å². The molecule has 5 nitrogen and oxygen atoms in total. The molecule has 1 heterocycles. The minimum Gasteiger partial charge on any atom is -0.384 e. The molecule has 0 bridgehead atoms. The molecule has 1 atom stereocenters. The zero-order valence-corrected chi connectivity index (χ0v) is 14.2. The van der Waals surface area contributed by atoms with Crippen LogP contribution in [0, 0.1) is 0 Å². The van der Waals surface area contributed by atoms with Gasteiger partial charge in [0.1, 0.15) is 0 Å². The molecule has 1 aromatic carbocycles. The Morgan fingerprint density at radius 1 is 1.36 bits per heavy atom. The molecule has 2 aromatic rings. The number of nitrogens with zero attached hydrogens (tertiary/aromatic N) is 2. The van der Waals surface area contributed by atoms with Crippen molar-refractivity contribution in [3.63, 3.8) is 0 Å². The van der Waals surface area contributed by atoms with Crippen molar-refractivity contribution in [3.8, 4) is 0 Å². The molecule has 0 saturated carbocycles. The number of methoxy groups -OCH3 is 1. The van der Waals surface area contributed by atoms with Crippen molar-refractivity contribution in [1.29, 1.82) is 0 Å². The van der Waals surface area contributed by atoms with Gasteiger partial charge in [-0.15, -0.1) is 10.2 Å². The Balaban J connectivity index is 1.96. The zero-order valence-electron chi connectivity index (χ0n) is 12.6. The van der Waals surface area contributed by atoms with Gasteiger partial charge in [-0.1, -0.05) is 60.4 Å². The fraction of sp³-hybridized carbons (Fsp3) is 0.400. The van der Waals surface area contributed by atoms with Gasteiger partial charge in [-0.25, -0.2) is 0 Å². The van der Waals surface area contributed by atoms with Crippen molar-refractivity contribution in [2.24, 2.45) is 0 Å². The molecule has 1 N–H and O–H groups in total. The molecule has 118 valence electrons. The molecule has 0 radical (unpaired) electrons. The van der Waals surface area contributed by atoms with Gasteiger partial charge in [0.25, 0.3) is 0 Å². The quantitative estimate of drug-likeness (QED) is 0.454. The van der Waals surface area contributed by atoms with E-state index in [1.807, 2.05) is 37.3 Å². The molecule has 0 aliphatic heterocycles. The zero-order chi connectivity index (χ0) is 15.8. The smallest absolute Gasteiger partial charge is 0.233 e. The third-order valence-electron chi connectivity index (χ3n) is 3.08. The maximum absolute atomic E-state index is 12.4. The lowest BCUT2D eigenvalue weighted by molar-refractivity contribution is -0.117. The predicted octanol–water partition coefficient (Wildman–Crippen LogP) is 3.41. The van der Waals surface area contributed by atoms with Crippen LogP contribution in [0.25, 0.3) is 0 Å². The second-order valence-electron chi connectivity index (χ2n) is 4.58. The molecule has 1 amide bonds. The first-order valence-corrected chi connectivity index (χ1v) is 8.85. The lowest BCUT2D eigenvalue weighted by Crippen LogP contribution is -2.20. The average Bonchev–Trinajstić information content (AvgIpc) is 2.97. The van der Waals surface area contributed by atoms with Crippen molar-refractivity contribution in [2.45, 2.75) is 23.6 Å². The summed E-state index contributed by atoms with van der Waals surface area (Å²) in [6, 6.07) is 9.78. The second kappa shape index (κ2) is 8.87. The van der Waals surface area contributed by atoms with Crippen molar-refractivity contribution in [1.82, 2.24) is 10.2 Å². The molecule has 0 aliphatic carbocycles. The minimum absolute atomic E-state index is 0.0432. The highest BCUT2D eigenvalue weighted by Crippen LogP contribution is 2.27. The van der Waals surface area contributed by atoms with E-state index in [-0.39, 0.29) is 11.8 Å². The van der Waals surface area contributed by atoms with Crippen LogP contribution in [0.5, 0.6) is 0 Å². The number of thioether (sulfide) groups is 1. The van der Waals surface area contributed by atoms with E-state index in [1.54, 1.807) is 18.9 Å². The molecule has 0 unspecified atom stereocenters. The van der Waals surface area contributed by atoms with Crippen LogP contribution in [-0.4, -0.2) is 35.6 Å². The summed E-state index contributed by atoms with van der Waals surface area (Å²) < 4.78 is 5.83. The molecule has 7 heteroatoms. The molecule has 22 heavy (non-hydrogen) atoms. The van der Waals surface area contributed by atoms with Gasteiger partial charge in [-0.2, -0.15) is 0 Å². The van der Waals surface area contributed by atoms with Gasteiger partial charge in [0.2, 0.25) is 11.0 Å². The highest BCUT2D eigenvalue weighted by molar-refractivity contribution is 8.01. The molecular weight excluding hydrogens is 318 g/mol. The Hall–Kier alpha value is -1.44. The van der Waals surface area contributed by atoms with Crippen LogP contribution < -0.4 is 5.32 Å².